The van der Waals surface area contributed by atoms with E-state index in [2.05, 4.69) is 0 Å². The Bertz CT molecular complexity index is 310. The van der Waals surface area contributed by atoms with E-state index in [1.807, 2.05) is 45.0 Å². The molecule has 0 radical (unpaired) electrons. The van der Waals surface area contributed by atoms with E-state index in [-0.39, 0.29) is 12.7 Å². The van der Waals surface area contributed by atoms with Gasteiger partial charge in [0.25, 0.3) is 0 Å². The highest BCUT2D eigenvalue weighted by atomic mass is 16.5. The minimum absolute atomic E-state index is 0.133. The summed E-state index contributed by atoms with van der Waals surface area (Å²) in [5.74, 6) is 0.811. The van der Waals surface area contributed by atoms with Crippen molar-refractivity contribution in [3.8, 4) is 5.75 Å². The van der Waals surface area contributed by atoms with E-state index in [9.17, 15) is 5.11 Å². The Labute approximate surface area is 97.0 Å². The van der Waals surface area contributed by atoms with Gasteiger partial charge in [-0.15, -0.1) is 0 Å². The molecule has 1 unspecified atom stereocenters. The Hall–Kier alpha value is -1.06. The lowest BCUT2D eigenvalue weighted by molar-refractivity contribution is -0.0123. The van der Waals surface area contributed by atoms with E-state index in [1.54, 1.807) is 0 Å². The number of aryl methyl sites for hydroxylation is 1. The normalized spacial score (nSPS) is 12.8. The summed E-state index contributed by atoms with van der Waals surface area (Å²) in [6.07, 6.45) is -0.449. The number of rotatable bonds is 6. The zero-order valence-corrected chi connectivity index (χ0v) is 10.1. The largest absolute Gasteiger partial charge is 0.491 e. The quantitative estimate of drug-likeness (QED) is 0.804. The second-order valence-electron chi connectivity index (χ2n) is 4.11. The maximum atomic E-state index is 9.60. The van der Waals surface area contributed by atoms with E-state index in [0.29, 0.717) is 6.61 Å². The highest BCUT2D eigenvalue weighted by molar-refractivity contribution is 5.31. The Morgan fingerprint density at radius 3 is 2.50 bits per heavy atom. The number of ether oxygens (including phenoxy) is 2. The molecular weight excluding hydrogens is 204 g/mol. The van der Waals surface area contributed by atoms with E-state index in [0.717, 1.165) is 11.3 Å². The molecule has 1 atom stereocenters. The van der Waals surface area contributed by atoms with Crippen LogP contribution in [0.2, 0.25) is 0 Å². The molecule has 0 aromatic heterocycles. The number of para-hydroxylation sites is 1. The number of hydrogen-bond acceptors (Lipinski definition) is 3. The zero-order chi connectivity index (χ0) is 12.0. The molecule has 0 saturated heterocycles. The van der Waals surface area contributed by atoms with Gasteiger partial charge in [0.05, 0.1) is 12.7 Å². The van der Waals surface area contributed by atoms with E-state index in [4.69, 9.17) is 9.47 Å². The summed E-state index contributed by atoms with van der Waals surface area (Å²) in [5, 5.41) is 9.60. The topological polar surface area (TPSA) is 38.7 Å². The minimum Gasteiger partial charge on any atom is -0.491 e. The summed E-state index contributed by atoms with van der Waals surface area (Å²) in [6.45, 7) is 6.43. The van der Waals surface area contributed by atoms with Crippen LogP contribution in [0.3, 0.4) is 0 Å². The minimum atomic E-state index is -0.581. The van der Waals surface area contributed by atoms with Gasteiger partial charge in [-0.05, 0) is 32.4 Å². The molecule has 0 heterocycles. The maximum Gasteiger partial charge on any atom is 0.122 e. The van der Waals surface area contributed by atoms with Crippen molar-refractivity contribution in [1.29, 1.82) is 0 Å². The van der Waals surface area contributed by atoms with Crippen molar-refractivity contribution < 1.29 is 14.6 Å². The average Bonchev–Trinajstić information content (AvgIpc) is 2.25. The molecule has 0 aliphatic carbocycles. The summed E-state index contributed by atoms with van der Waals surface area (Å²) in [7, 11) is 0. The van der Waals surface area contributed by atoms with Gasteiger partial charge in [-0.1, -0.05) is 18.2 Å². The maximum absolute atomic E-state index is 9.60. The summed E-state index contributed by atoms with van der Waals surface area (Å²) in [5.41, 5.74) is 1.07. The number of benzene rings is 1. The molecule has 0 spiro atoms. The van der Waals surface area contributed by atoms with Gasteiger partial charge in [0.2, 0.25) is 0 Å². The fourth-order valence-corrected chi connectivity index (χ4v) is 1.26. The van der Waals surface area contributed by atoms with Crippen LogP contribution in [0.5, 0.6) is 5.75 Å². The second kappa shape index (κ2) is 6.51. The number of aliphatic hydroxyl groups excluding tert-OH is 1. The molecular formula is C13H20O3. The monoisotopic (exact) mass is 224 g/mol. The van der Waals surface area contributed by atoms with Crippen LogP contribution in [0.25, 0.3) is 0 Å². The van der Waals surface area contributed by atoms with Crippen molar-refractivity contribution in [1.82, 2.24) is 0 Å². The van der Waals surface area contributed by atoms with Crippen LogP contribution >= 0.6 is 0 Å². The van der Waals surface area contributed by atoms with Gasteiger partial charge in [0.15, 0.2) is 0 Å². The summed E-state index contributed by atoms with van der Waals surface area (Å²) in [6, 6.07) is 7.75. The first-order valence-electron chi connectivity index (χ1n) is 5.57. The Kier molecular flexibility index (Phi) is 5.29. The SMILES string of the molecule is Cc1ccccc1OCC(O)COC(C)C. The van der Waals surface area contributed by atoms with Gasteiger partial charge in [-0.2, -0.15) is 0 Å². The van der Waals surface area contributed by atoms with Crippen LogP contribution in [-0.4, -0.2) is 30.5 Å². The predicted molar refractivity (Wildman–Crippen MR) is 63.8 cm³/mol. The molecule has 3 nitrogen and oxygen atoms in total. The van der Waals surface area contributed by atoms with Crippen LogP contribution in [0, 0.1) is 6.92 Å². The van der Waals surface area contributed by atoms with Gasteiger partial charge in [-0.3, -0.25) is 0 Å². The average molecular weight is 224 g/mol. The molecule has 1 aromatic rings. The first kappa shape index (κ1) is 13.0. The summed E-state index contributed by atoms with van der Waals surface area (Å²) >= 11 is 0. The van der Waals surface area contributed by atoms with Crippen molar-refractivity contribution in [3.63, 3.8) is 0 Å². The van der Waals surface area contributed by atoms with E-state index in [1.165, 1.54) is 0 Å². The van der Waals surface area contributed by atoms with E-state index < -0.39 is 6.10 Å². The highest BCUT2D eigenvalue weighted by Crippen LogP contribution is 2.16. The third kappa shape index (κ3) is 4.64. The molecule has 0 bridgehead atoms. The highest BCUT2D eigenvalue weighted by Gasteiger charge is 2.07. The second-order valence-corrected chi connectivity index (χ2v) is 4.11. The van der Waals surface area contributed by atoms with Crippen molar-refractivity contribution in [2.45, 2.75) is 33.0 Å². The first-order valence-corrected chi connectivity index (χ1v) is 5.57. The Morgan fingerprint density at radius 2 is 1.88 bits per heavy atom. The van der Waals surface area contributed by atoms with Crippen LogP contribution in [0.4, 0.5) is 0 Å². The first-order chi connectivity index (χ1) is 7.59. The lowest BCUT2D eigenvalue weighted by Crippen LogP contribution is -2.25. The molecule has 1 N–H and O–H groups in total. The van der Waals surface area contributed by atoms with Crippen LogP contribution < -0.4 is 4.74 Å². The fraction of sp³-hybridized carbons (Fsp3) is 0.538. The van der Waals surface area contributed by atoms with Gasteiger partial charge >= 0.3 is 0 Å². The van der Waals surface area contributed by atoms with Crippen molar-refractivity contribution in [3.05, 3.63) is 29.8 Å². The molecule has 0 aliphatic rings. The molecule has 0 saturated carbocycles. The molecule has 1 aromatic carbocycles. The third-order valence-corrected chi connectivity index (χ3v) is 2.15. The number of aliphatic hydroxyl groups is 1. The van der Waals surface area contributed by atoms with Gasteiger partial charge < -0.3 is 14.6 Å². The van der Waals surface area contributed by atoms with Gasteiger partial charge in [0, 0.05) is 0 Å². The molecule has 0 aliphatic heterocycles. The van der Waals surface area contributed by atoms with E-state index >= 15 is 0 Å². The smallest absolute Gasteiger partial charge is 0.122 e. The van der Waals surface area contributed by atoms with Gasteiger partial charge in [-0.25, -0.2) is 0 Å². The fourth-order valence-electron chi connectivity index (χ4n) is 1.26. The Balaban J connectivity index is 2.31. The third-order valence-electron chi connectivity index (χ3n) is 2.15. The van der Waals surface area contributed by atoms with Gasteiger partial charge in [0.1, 0.15) is 18.5 Å². The number of hydrogen-bond donors (Lipinski definition) is 1. The standard InChI is InChI=1S/C13H20O3/c1-10(2)15-8-12(14)9-16-13-7-5-4-6-11(13)3/h4-7,10,12,14H,8-9H2,1-3H3. The predicted octanol–water partition coefficient (Wildman–Crippen LogP) is 2.16. The lowest BCUT2D eigenvalue weighted by Gasteiger charge is -2.15. The van der Waals surface area contributed by atoms with Crippen LogP contribution in [0.15, 0.2) is 24.3 Å². The molecule has 1 rings (SSSR count). The van der Waals surface area contributed by atoms with Crippen LogP contribution in [-0.2, 0) is 4.74 Å². The summed E-state index contributed by atoms with van der Waals surface area (Å²) < 4.78 is 10.8. The molecule has 90 valence electrons. The molecule has 16 heavy (non-hydrogen) atoms. The molecule has 0 amide bonds. The molecule has 3 heteroatoms. The summed E-state index contributed by atoms with van der Waals surface area (Å²) in [4.78, 5) is 0. The zero-order valence-electron chi connectivity index (χ0n) is 10.1. The van der Waals surface area contributed by atoms with Crippen molar-refractivity contribution in [2.75, 3.05) is 13.2 Å². The Morgan fingerprint density at radius 1 is 1.19 bits per heavy atom. The van der Waals surface area contributed by atoms with Crippen LogP contribution in [0.1, 0.15) is 19.4 Å². The van der Waals surface area contributed by atoms with Crippen molar-refractivity contribution in [2.24, 2.45) is 0 Å². The van der Waals surface area contributed by atoms with Crippen molar-refractivity contribution >= 4 is 0 Å². The lowest BCUT2D eigenvalue weighted by atomic mass is 10.2. The molecule has 0 fully saturated rings.